The van der Waals surface area contributed by atoms with E-state index in [1.807, 2.05) is 54.1 Å². The Morgan fingerprint density at radius 2 is 1.93 bits per heavy atom. The molecule has 0 atom stereocenters. The second-order valence-corrected chi connectivity index (χ2v) is 7.48. The minimum Gasteiger partial charge on any atom is -0.483 e. The molecule has 5 nitrogen and oxygen atoms in total. The number of anilines is 1. The van der Waals surface area contributed by atoms with E-state index in [2.05, 4.69) is 5.32 Å². The average Bonchev–Trinajstić information content (AvgIpc) is 3.30. The molecular formula is C20H19NO4S2. The third-order valence-electron chi connectivity index (χ3n) is 3.76. The van der Waals surface area contributed by atoms with Crippen LogP contribution in [0.15, 0.2) is 47.2 Å². The van der Waals surface area contributed by atoms with Gasteiger partial charge in [0.15, 0.2) is 6.61 Å². The van der Waals surface area contributed by atoms with Crippen LogP contribution in [-0.2, 0) is 9.53 Å². The Kier molecular flexibility index (Phi) is 6.26. The number of benzene rings is 1. The molecule has 0 unspecified atom stereocenters. The lowest BCUT2D eigenvalue weighted by molar-refractivity contribution is -0.118. The molecule has 0 radical (unpaired) electrons. The van der Waals surface area contributed by atoms with Gasteiger partial charge in [-0.25, -0.2) is 4.79 Å². The van der Waals surface area contributed by atoms with Gasteiger partial charge in [0.1, 0.15) is 16.3 Å². The normalized spacial score (nSPS) is 10.4. The number of carbonyl (C=O) groups is 2. The molecule has 140 valence electrons. The number of thiophene rings is 2. The number of rotatable bonds is 7. The summed E-state index contributed by atoms with van der Waals surface area (Å²) in [6.07, 6.45) is 0. The third kappa shape index (κ3) is 4.56. The molecule has 1 N–H and O–H groups in total. The summed E-state index contributed by atoms with van der Waals surface area (Å²) in [4.78, 5) is 25.8. The van der Waals surface area contributed by atoms with E-state index in [9.17, 15) is 9.59 Å². The molecule has 27 heavy (non-hydrogen) atoms. The number of aryl methyl sites for hydroxylation is 1. The van der Waals surface area contributed by atoms with Gasteiger partial charge >= 0.3 is 5.97 Å². The van der Waals surface area contributed by atoms with Crippen LogP contribution in [0, 0.1) is 6.92 Å². The number of nitrogens with one attached hydrogen (secondary N) is 1. The summed E-state index contributed by atoms with van der Waals surface area (Å²) in [5, 5.41) is 7.05. The molecule has 2 aromatic heterocycles. The van der Waals surface area contributed by atoms with Crippen LogP contribution in [0.1, 0.15) is 22.8 Å². The van der Waals surface area contributed by atoms with E-state index in [1.54, 1.807) is 6.92 Å². The van der Waals surface area contributed by atoms with Crippen LogP contribution in [-0.4, -0.2) is 25.1 Å². The molecule has 1 amide bonds. The predicted molar refractivity (Wildman–Crippen MR) is 109 cm³/mol. The van der Waals surface area contributed by atoms with Crippen molar-refractivity contribution in [3.63, 3.8) is 0 Å². The first-order chi connectivity index (χ1) is 13.1. The maximum atomic E-state index is 12.5. The van der Waals surface area contributed by atoms with Gasteiger partial charge in [0.25, 0.3) is 5.91 Å². The fraction of sp³-hybridized carbons (Fsp3) is 0.200. The first kappa shape index (κ1) is 19.1. The minimum absolute atomic E-state index is 0.140. The van der Waals surface area contributed by atoms with Gasteiger partial charge in [-0.05, 0) is 36.9 Å². The SMILES string of the molecule is CCOC(=O)c1c(-c2cccs2)csc1NC(=O)COc1ccccc1C. The number of hydrogen-bond acceptors (Lipinski definition) is 6. The smallest absolute Gasteiger partial charge is 0.341 e. The van der Waals surface area contributed by atoms with E-state index in [0.29, 0.717) is 16.3 Å². The lowest BCUT2D eigenvalue weighted by Gasteiger charge is -2.10. The van der Waals surface area contributed by atoms with Crippen molar-refractivity contribution in [2.75, 3.05) is 18.5 Å². The van der Waals surface area contributed by atoms with Crippen molar-refractivity contribution >= 4 is 39.6 Å². The predicted octanol–water partition coefficient (Wildman–Crippen LogP) is 4.98. The zero-order valence-electron chi connectivity index (χ0n) is 15.0. The lowest BCUT2D eigenvalue weighted by atomic mass is 10.1. The largest absolute Gasteiger partial charge is 0.483 e. The number of esters is 1. The molecule has 3 rings (SSSR count). The number of carbonyl (C=O) groups excluding carboxylic acids is 2. The van der Waals surface area contributed by atoms with Crippen molar-refractivity contribution in [3.05, 3.63) is 58.3 Å². The molecule has 0 aliphatic rings. The highest BCUT2D eigenvalue weighted by atomic mass is 32.1. The van der Waals surface area contributed by atoms with Crippen LogP contribution in [0.5, 0.6) is 5.75 Å². The maximum Gasteiger partial charge on any atom is 0.341 e. The number of amides is 1. The van der Waals surface area contributed by atoms with Gasteiger partial charge in [-0.2, -0.15) is 0 Å². The van der Waals surface area contributed by atoms with Crippen molar-refractivity contribution in [1.82, 2.24) is 0 Å². The molecule has 0 aliphatic carbocycles. The van der Waals surface area contributed by atoms with Gasteiger partial charge in [0.2, 0.25) is 0 Å². The quantitative estimate of drug-likeness (QED) is 0.567. The van der Waals surface area contributed by atoms with Gasteiger partial charge in [-0.15, -0.1) is 22.7 Å². The fourth-order valence-corrected chi connectivity index (χ4v) is 4.28. The Labute approximate surface area is 165 Å². The molecule has 0 fully saturated rings. The highest BCUT2D eigenvalue weighted by molar-refractivity contribution is 7.17. The maximum absolute atomic E-state index is 12.5. The summed E-state index contributed by atoms with van der Waals surface area (Å²) in [5.41, 5.74) is 2.10. The van der Waals surface area contributed by atoms with Crippen LogP contribution >= 0.6 is 22.7 Å². The van der Waals surface area contributed by atoms with Crippen molar-refractivity contribution in [1.29, 1.82) is 0 Å². The van der Waals surface area contributed by atoms with Crippen LogP contribution in [0.25, 0.3) is 10.4 Å². The van der Waals surface area contributed by atoms with Crippen LogP contribution < -0.4 is 10.1 Å². The van der Waals surface area contributed by atoms with Gasteiger partial charge in [0.05, 0.1) is 6.61 Å². The standard InChI is InChI=1S/C20H19NO4S2/c1-3-24-20(23)18-14(16-9-6-10-26-16)12-27-19(18)21-17(22)11-25-15-8-5-4-7-13(15)2/h4-10,12H,3,11H2,1-2H3,(H,21,22). The van der Waals surface area contributed by atoms with E-state index in [0.717, 1.165) is 16.0 Å². The van der Waals surface area contributed by atoms with E-state index < -0.39 is 5.97 Å². The molecule has 2 heterocycles. The third-order valence-corrected chi connectivity index (χ3v) is 5.56. The number of hydrogen-bond donors (Lipinski definition) is 1. The van der Waals surface area contributed by atoms with Crippen LogP contribution in [0.4, 0.5) is 5.00 Å². The Bertz CT molecular complexity index is 931. The molecule has 0 aliphatic heterocycles. The van der Waals surface area contributed by atoms with Crippen LogP contribution in [0.2, 0.25) is 0 Å². The van der Waals surface area contributed by atoms with E-state index in [-0.39, 0.29) is 19.1 Å². The van der Waals surface area contributed by atoms with Crippen LogP contribution in [0.3, 0.4) is 0 Å². The Hall–Kier alpha value is -2.64. The van der Waals surface area contributed by atoms with E-state index in [4.69, 9.17) is 9.47 Å². The Balaban J connectivity index is 1.77. The summed E-state index contributed by atoms with van der Waals surface area (Å²) in [6, 6.07) is 11.3. The molecule has 0 saturated heterocycles. The van der Waals surface area contributed by atoms with E-state index >= 15 is 0 Å². The van der Waals surface area contributed by atoms with E-state index in [1.165, 1.54) is 22.7 Å². The van der Waals surface area contributed by atoms with Gasteiger partial charge < -0.3 is 14.8 Å². The minimum atomic E-state index is -0.447. The first-order valence-corrected chi connectivity index (χ1v) is 10.2. The Morgan fingerprint density at radius 3 is 2.63 bits per heavy atom. The van der Waals surface area contributed by atoms with Gasteiger partial charge in [-0.1, -0.05) is 24.3 Å². The summed E-state index contributed by atoms with van der Waals surface area (Å²) < 4.78 is 10.8. The number of para-hydroxylation sites is 1. The molecule has 0 spiro atoms. The zero-order chi connectivity index (χ0) is 19.2. The second kappa shape index (κ2) is 8.83. The summed E-state index contributed by atoms with van der Waals surface area (Å²) >= 11 is 2.83. The first-order valence-electron chi connectivity index (χ1n) is 8.41. The van der Waals surface area contributed by atoms with Gasteiger partial charge in [-0.3, -0.25) is 4.79 Å². The van der Waals surface area contributed by atoms with Crippen molar-refractivity contribution in [2.24, 2.45) is 0 Å². The van der Waals surface area contributed by atoms with Crippen molar-refractivity contribution in [2.45, 2.75) is 13.8 Å². The molecule has 0 bridgehead atoms. The van der Waals surface area contributed by atoms with Gasteiger partial charge in [0, 0.05) is 15.8 Å². The molecule has 0 saturated carbocycles. The second-order valence-electron chi connectivity index (χ2n) is 5.65. The van der Waals surface area contributed by atoms with Crippen molar-refractivity contribution < 1.29 is 19.1 Å². The molecule has 7 heteroatoms. The zero-order valence-corrected chi connectivity index (χ0v) is 16.6. The molecule has 3 aromatic rings. The fourth-order valence-electron chi connectivity index (χ4n) is 2.49. The average molecular weight is 402 g/mol. The summed E-state index contributed by atoms with van der Waals surface area (Å²) in [7, 11) is 0. The summed E-state index contributed by atoms with van der Waals surface area (Å²) in [6.45, 7) is 3.80. The molecule has 1 aromatic carbocycles. The molecular weight excluding hydrogens is 382 g/mol. The topological polar surface area (TPSA) is 64.6 Å². The summed E-state index contributed by atoms with van der Waals surface area (Å²) in [5.74, 6) is -0.121. The lowest BCUT2D eigenvalue weighted by Crippen LogP contribution is -2.21. The monoisotopic (exact) mass is 401 g/mol. The highest BCUT2D eigenvalue weighted by Crippen LogP contribution is 2.38. The Morgan fingerprint density at radius 1 is 1.11 bits per heavy atom. The number of ether oxygens (including phenoxy) is 2. The van der Waals surface area contributed by atoms with Crippen molar-refractivity contribution in [3.8, 4) is 16.2 Å². The highest BCUT2D eigenvalue weighted by Gasteiger charge is 2.23.